The highest BCUT2D eigenvalue weighted by Crippen LogP contribution is 2.30. The molecule has 0 spiro atoms. The van der Waals surface area contributed by atoms with Gasteiger partial charge in [-0.1, -0.05) is 5.92 Å². The average molecular weight is 355 g/mol. The van der Waals surface area contributed by atoms with Crippen LogP contribution in [0.25, 0.3) is 0 Å². The van der Waals surface area contributed by atoms with Gasteiger partial charge in [0.25, 0.3) is 0 Å². The first kappa shape index (κ1) is 18.7. The van der Waals surface area contributed by atoms with Gasteiger partial charge in [0.05, 0.1) is 29.6 Å². The average Bonchev–Trinajstić information content (AvgIpc) is 2.65. The maximum absolute atomic E-state index is 9.40. The van der Waals surface area contributed by atoms with Crippen molar-refractivity contribution in [1.82, 2.24) is 4.98 Å². The summed E-state index contributed by atoms with van der Waals surface area (Å²) in [5.41, 5.74) is 2.16. The van der Waals surface area contributed by atoms with E-state index in [2.05, 4.69) is 27.8 Å². The summed E-state index contributed by atoms with van der Waals surface area (Å²) >= 11 is 0. The van der Waals surface area contributed by atoms with Crippen molar-refractivity contribution >= 4 is 5.69 Å². The van der Waals surface area contributed by atoms with Crippen LogP contribution in [0.2, 0.25) is 0 Å². The highest BCUT2D eigenvalue weighted by Gasteiger charge is 2.33. The summed E-state index contributed by atoms with van der Waals surface area (Å²) in [7, 11) is 3.37. The molecule has 3 rings (SSSR count). The second kappa shape index (κ2) is 9.00. The van der Waals surface area contributed by atoms with Crippen LogP contribution in [0.15, 0.2) is 12.3 Å². The highest BCUT2D eigenvalue weighted by atomic mass is 16.5. The SMILES string of the molecule is COCC#Cc1cc(N2CCC(OC3CC(OC)C3)CC2)c(C#N)cn1. The predicted molar refractivity (Wildman–Crippen MR) is 97.8 cm³/mol. The Morgan fingerprint density at radius 1 is 1.19 bits per heavy atom. The minimum Gasteiger partial charge on any atom is -0.381 e. The van der Waals surface area contributed by atoms with Crippen molar-refractivity contribution in [3.05, 3.63) is 23.5 Å². The molecular weight excluding hydrogens is 330 g/mol. The molecule has 0 N–H and O–H groups in total. The summed E-state index contributed by atoms with van der Waals surface area (Å²) in [4.78, 5) is 6.49. The fraction of sp³-hybridized carbons (Fsp3) is 0.600. The topological polar surface area (TPSA) is 67.6 Å². The molecule has 1 aliphatic carbocycles. The fourth-order valence-corrected chi connectivity index (χ4v) is 3.39. The van der Waals surface area contributed by atoms with E-state index in [0.29, 0.717) is 36.2 Å². The third-order valence-electron chi connectivity index (χ3n) is 4.99. The Morgan fingerprint density at radius 2 is 1.96 bits per heavy atom. The molecule has 2 fully saturated rings. The minimum atomic E-state index is 0.294. The summed E-state index contributed by atoms with van der Waals surface area (Å²) in [5.74, 6) is 5.88. The molecule has 26 heavy (non-hydrogen) atoms. The second-order valence-electron chi connectivity index (χ2n) is 6.71. The van der Waals surface area contributed by atoms with Crippen LogP contribution >= 0.6 is 0 Å². The van der Waals surface area contributed by atoms with E-state index in [1.165, 1.54) is 0 Å². The summed E-state index contributed by atoms with van der Waals surface area (Å²) in [6.07, 6.45) is 6.54. The van der Waals surface area contributed by atoms with Gasteiger partial charge in [-0.05, 0) is 37.7 Å². The van der Waals surface area contributed by atoms with Crippen molar-refractivity contribution in [2.75, 3.05) is 38.8 Å². The highest BCUT2D eigenvalue weighted by molar-refractivity contribution is 5.60. The van der Waals surface area contributed by atoms with Gasteiger partial charge in [0.1, 0.15) is 18.4 Å². The van der Waals surface area contributed by atoms with Gasteiger partial charge < -0.3 is 19.1 Å². The lowest BCUT2D eigenvalue weighted by Gasteiger charge is -2.40. The van der Waals surface area contributed by atoms with E-state index < -0.39 is 0 Å². The Kier molecular flexibility index (Phi) is 6.46. The molecule has 1 saturated heterocycles. The number of nitrogens with zero attached hydrogens (tertiary/aromatic N) is 3. The Balaban J connectivity index is 1.59. The van der Waals surface area contributed by atoms with Crippen LogP contribution in [0.5, 0.6) is 0 Å². The molecule has 0 amide bonds. The third kappa shape index (κ3) is 4.53. The first-order valence-corrected chi connectivity index (χ1v) is 9.04. The smallest absolute Gasteiger partial charge is 0.115 e. The summed E-state index contributed by atoms with van der Waals surface area (Å²) in [6.45, 7) is 2.11. The second-order valence-corrected chi connectivity index (χ2v) is 6.71. The standard InChI is InChI=1S/C20H25N3O3/c1-24-9-3-4-16-10-20(15(13-21)14-22-16)23-7-5-17(6-8-23)26-19-11-18(12-19)25-2/h10,14,17-19H,5-9,11-12H2,1-2H3. The number of rotatable bonds is 5. The minimum absolute atomic E-state index is 0.294. The van der Waals surface area contributed by atoms with Crippen molar-refractivity contribution in [1.29, 1.82) is 5.26 Å². The molecule has 1 aromatic heterocycles. The summed E-state index contributed by atoms with van der Waals surface area (Å²) in [5, 5.41) is 9.40. The van der Waals surface area contributed by atoms with Crippen molar-refractivity contribution in [2.45, 2.75) is 44.0 Å². The molecule has 0 radical (unpaired) electrons. The zero-order chi connectivity index (χ0) is 18.4. The number of ether oxygens (including phenoxy) is 3. The van der Waals surface area contributed by atoms with Crippen molar-refractivity contribution in [2.24, 2.45) is 0 Å². The number of anilines is 1. The van der Waals surface area contributed by atoms with Gasteiger partial charge in [-0.25, -0.2) is 4.98 Å². The van der Waals surface area contributed by atoms with E-state index in [4.69, 9.17) is 14.2 Å². The molecule has 1 aromatic rings. The molecule has 6 nitrogen and oxygen atoms in total. The number of hydrogen-bond donors (Lipinski definition) is 0. The number of methoxy groups -OCH3 is 2. The van der Waals surface area contributed by atoms with Crippen LogP contribution in [0, 0.1) is 23.2 Å². The number of aromatic nitrogens is 1. The van der Waals surface area contributed by atoms with Crippen molar-refractivity contribution in [3.8, 4) is 17.9 Å². The largest absolute Gasteiger partial charge is 0.381 e. The maximum Gasteiger partial charge on any atom is 0.115 e. The van der Waals surface area contributed by atoms with Gasteiger partial charge in [0, 0.05) is 33.5 Å². The Morgan fingerprint density at radius 3 is 2.62 bits per heavy atom. The molecule has 2 heterocycles. The van der Waals surface area contributed by atoms with Crippen LogP contribution in [-0.4, -0.2) is 57.2 Å². The first-order valence-electron chi connectivity index (χ1n) is 9.04. The zero-order valence-corrected chi connectivity index (χ0v) is 15.4. The van der Waals surface area contributed by atoms with Crippen molar-refractivity contribution < 1.29 is 14.2 Å². The first-order chi connectivity index (χ1) is 12.7. The number of piperidine rings is 1. The van der Waals surface area contributed by atoms with E-state index in [1.54, 1.807) is 20.4 Å². The normalized spacial score (nSPS) is 22.9. The lowest BCUT2D eigenvalue weighted by molar-refractivity contribution is -0.119. The molecule has 0 aromatic carbocycles. The lowest BCUT2D eigenvalue weighted by Crippen LogP contribution is -2.43. The van der Waals surface area contributed by atoms with Gasteiger partial charge in [-0.15, -0.1) is 0 Å². The van der Waals surface area contributed by atoms with E-state index in [1.807, 2.05) is 6.07 Å². The van der Waals surface area contributed by atoms with E-state index in [9.17, 15) is 5.26 Å². The number of nitriles is 1. The zero-order valence-electron chi connectivity index (χ0n) is 15.4. The Hall–Kier alpha value is -2.12. The van der Waals surface area contributed by atoms with Gasteiger partial charge >= 0.3 is 0 Å². The van der Waals surface area contributed by atoms with Crippen LogP contribution < -0.4 is 4.90 Å². The third-order valence-corrected chi connectivity index (χ3v) is 4.99. The van der Waals surface area contributed by atoms with Gasteiger partial charge in [0.2, 0.25) is 0 Å². The molecule has 1 saturated carbocycles. The number of hydrogen-bond acceptors (Lipinski definition) is 6. The van der Waals surface area contributed by atoms with Crippen LogP contribution in [-0.2, 0) is 14.2 Å². The monoisotopic (exact) mass is 355 g/mol. The molecule has 6 heteroatoms. The molecule has 0 unspecified atom stereocenters. The molecule has 0 bridgehead atoms. The molecule has 138 valence electrons. The molecule has 2 aliphatic rings. The summed E-state index contributed by atoms with van der Waals surface area (Å²) < 4.78 is 16.4. The summed E-state index contributed by atoms with van der Waals surface area (Å²) in [6, 6.07) is 4.14. The van der Waals surface area contributed by atoms with Crippen LogP contribution in [0.1, 0.15) is 36.9 Å². The van der Waals surface area contributed by atoms with Crippen molar-refractivity contribution in [3.63, 3.8) is 0 Å². The van der Waals surface area contributed by atoms with E-state index >= 15 is 0 Å². The lowest BCUT2D eigenvalue weighted by atomic mass is 9.91. The molecule has 0 atom stereocenters. The molecular formula is C20H25N3O3. The van der Waals surface area contributed by atoms with E-state index in [-0.39, 0.29) is 0 Å². The van der Waals surface area contributed by atoms with E-state index in [0.717, 1.165) is 44.5 Å². The number of pyridine rings is 1. The quantitative estimate of drug-likeness (QED) is 0.754. The maximum atomic E-state index is 9.40. The van der Waals surface area contributed by atoms with Gasteiger partial charge in [-0.3, -0.25) is 0 Å². The Bertz CT molecular complexity index is 705. The fourth-order valence-electron chi connectivity index (χ4n) is 3.39. The predicted octanol–water partition coefficient (Wildman–Crippen LogP) is 2.11. The van der Waals surface area contributed by atoms with Gasteiger partial charge in [-0.2, -0.15) is 5.26 Å². The van der Waals surface area contributed by atoms with Gasteiger partial charge in [0.15, 0.2) is 0 Å². The van der Waals surface area contributed by atoms with Crippen LogP contribution in [0.3, 0.4) is 0 Å². The molecule has 1 aliphatic heterocycles. The van der Waals surface area contributed by atoms with Crippen LogP contribution in [0.4, 0.5) is 5.69 Å². The Labute approximate surface area is 155 Å².